The number of benzene rings is 1. The third-order valence-electron chi connectivity index (χ3n) is 4.05. The van der Waals surface area contributed by atoms with E-state index < -0.39 is 5.97 Å². The highest BCUT2D eigenvalue weighted by Crippen LogP contribution is 2.24. The van der Waals surface area contributed by atoms with E-state index in [0.29, 0.717) is 19.5 Å². The van der Waals surface area contributed by atoms with Crippen LogP contribution in [0.2, 0.25) is 0 Å². The number of aliphatic carboxylic acids is 1. The maximum atomic E-state index is 12.8. The topological polar surface area (TPSA) is 57.6 Å². The molecule has 1 aliphatic heterocycles. The van der Waals surface area contributed by atoms with Crippen molar-refractivity contribution in [2.45, 2.75) is 19.8 Å². The van der Waals surface area contributed by atoms with E-state index in [4.69, 9.17) is 5.11 Å². The highest BCUT2D eigenvalue weighted by molar-refractivity contribution is 5.79. The summed E-state index contributed by atoms with van der Waals surface area (Å²) in [4.78, 5) is 24.9. The SMILES string of the molecule is CC1CN(C(=O)C/C=C/c2ccc(F)cc2)CCC1C(=O)O. The molecule has 1 aromatic rings. The van der Waals surface area contributed by atoms with E-state index in [0.717, 1.165) is 5.56 Å². The van der Waals surface area contributed by atoms with E-state index in [9.17, 15) is 14.0 Å². The molecule has 1 fully saturated rings. The molecule has 2 rings (SSSR count). The minimum absolute atomic E-state index is 0.00551. The molecule has 4 nitrogen and oxygen atoms in total. The van der Waals surface area contributed by atoms with Crippen LogP contribution in [0, 0.1) is 17.7 Å². The summed E-state index contributed by atoms with van der Waals surface area (Å²) in [6.45, 7) is 2.84. The average Bonchev–Trinajstić information content (AvgIpc) is 2.48. The Morgan fingerprint density at radius 2 is 2.05 bits per heavy atom. The fraction of sp³-hybridized carbons (Fsp3) is 0.412. The molecule has 118 valence electrons. The quantitative estimate of drug-likeness (QED) is 0.930. The number of piperidine rings is 1. The number of nitrogens with zero attached hydrogens (tertiary/aromatic N) is 1. The minimum Gasteiger partial charge on any atom is -0.481 e. The van der Waals surface area contributed by atoms with E-state index in [-0.39, 0.29) is 30.0 Å². The van der Waals surface area contributed by atoms with Gasteiger partial charge in [0.15, 0.2) is 0 Å². The molecule has 2 unspecified atom stereocenters. The van der Waals surface area contributed by atoms with Crippen molar-refractivity contribution < 1.29 is 19.1 Å². The molecule has 1 amide bonds. The van der Waals surface area contributed by atoms with Crippen molar-refractivity contribution in [1.82, 2.24) is 4.90 Å². The number of carboxylic acids is 1. The predicted molar refractivity (Wildman–Crippen MR) is 81.5 cm³/mol. The van der Waals surface area contributed by atoms with Crippen LogP contribution in [0.3, 0.4) is 0 Å². The zero-order valence-corrected chi connectivity index (χ0v) is 12.5. The average molecular weight is 305 g/mol. The van der Waals surface area contributed by atoms with Gasteiger partial charge in [0.05, 0.1) is 5.92 Å². The number of hydrogen-bond acceptors (Lipinski definition) is 2. The highest BCUT2D eigenvalue weighted by Gasteiger charge is 2.32. The van der Waals surface area contributed by atoms with Gasteiger partial charge in [0.25, 0.3) is 0 Å². The van der Waals surface area contributed by atoms with Gasteiger partial charge in [-0.25, -0.2) is 4.39 Å². The van der Waals surface area contributed by atoms with Gasteiger partial charge < -0.3 is 10.0 Å². The first kappa shape index (κ1) is 16.2. The van der Waals surface area contributed by atoms with E-state index in [1.165, 1.54) is 12.1 Å². The second-order valence-corrected chi connectivity index (χ2v) is 5.71. The van der Waals surface area contributed by atoms with Crippen LogP contribution in [0.15, 0.2) is 30.3 Å². The summed E-state index contributed by atoms with van der Waals surface area (Å²) in [5, 5.41) is 9.08. The number of rotatable bonds is 4. The van der Waals surface area contributed by atoms with Crippen molar-refractivity contribution in [2.75, 3.05) is 13.1 Å². The summed E-state index contributed by atoms with van der Waals surface area (Å²) in [6.07, 6.45) is 4.31. The van der Waals surface area contributed by atoms with Crippen molar-refractivity contribution in [3.63, 3.8) is 0 Å². The van der Waals surface area contributed by atoms with E-state index in [2.05, 4.69) is 0 Å². The first-order valence-corrected chi connectivity index (χ1v) is 7.40. The van der Waals surface area contributed by atoms with Gasteiger partial charge in [-0.2, -0.15) is 0 Å². The zero-order chi connectivity index (χ0) is 16.1. The van der Waals surface area contributed by atoms with Crippen LogP contribution in [0.4, 0.5) is 4.39 Å². The van der Waals surface area contributed by atoms with Gasteiger partial charge in [-0.1, -0.05) is 31.2 Å². The van der Waals surface area contributed by atoms with Crippen molar-refractivity contribution in [1.29, 1.82) is 0 Å². The van der Waals surface area contributed by atoms with Crippen LogP contribution in [0.5, 0.6) is 0 Å². The third kappa shape index (κ3) is 4.16. The third-order valence-corrected chi connectivity index (χ3v) is 4.05. The summed E-state index contributed by atoms with van der Waals surface area (Å²) in [5.41, 5.74) is 0.840. The Bertz CT molecular complexity index is 568. The lowest BCUT2D eigenvalue weighted by Crippen LogP contribution is -2.44. The Balaban J connectivity index is 1.85. The standard InChI is InChI=1S/C17H20FNO3/c1-12-11-19(10-9-15(12)17(21)22)16(20)4-2-3-13-5-7-14(18)8-6-13/h2-3,5-8,12,15H,4,9-11H2,1H3,(H,21,22)/b3-2+. The predicted octanol–water partition coefficient (Wildman–Crippen LogP) is 2.80. The number of amides is 1. The van der Waals surface area contributed by atoms with Crippen molar-refractivity contribution in [3.8, 4) is 0 Å². The number of halogens is 1. The molecule has 1 N–H and O–H groups in total. The Labute approximate surface area is 129 Å². The van der Waals surface area contributed by atoms with Crippen molar-refractivity contribution >= 4 is 18.0 Å². The summed E-state index contributed by atoms with van der Waals surface area (Å²) < 4.78 is 12.8. The first-order chi connectivity index (χ1) is 10.5. The van der Waals surface area contributed by atoms with E-state index in [1.54, 1.807) is 29.2 Å². The maximum absolute atomic E-state index is 12.8. The summed E-state index contributed by atoms with van der Waals surface area (Å²) in [6, 6.07) is 6.05. The van der Waals surface area contributed by atoms with Gasteiger partial charge in [-0.3, -0.25) is 9.59 Å². The second kappa shape index (κ2) is 7.20. The molecular formula is C17H20FNO3. The van der Waals surface area contributed by atoms with Gasteiger partial charge in [-0.15, -0.1) is 0 Å². The smallest absolute Gasteiger partial charge is 0.306 e. The van der Waals surface area contributed by atoms with Crippen LogP contribution >= 0.6 is 0 Å². The first-order valence-electron chi connectivity index (χ1n) is 7.40. The van der Waals surface area contributed by atoms with E-state index >= 15 is 0 Å². The summed E-state index contributed by atoms with van der Waals surface area (Å²) in [7, 11) is 0. The lowest BCUT2D eigenvalue weighted by atomic mass is 9.87. The monoisotopic (exact) mass is 305 g/mol. The Kier molecular flexibility index (Phi) is 5.31. The molecule has 0 aliphatic carbocycles. The van der Waals surface area contributed by atoms with Crippen LogP contribution < -0.4 is 0 Å². The molecule has 0 spiro atoms. The molecule has 0 aromatic heterocycles. The van der Waals surface area contributed by atoms with Crippen molar-refractivity contribution in [2.24, 2.45) is 11.8 Å². The number of carboxylic acid groups (broad SMARTS) is 1. The van der Waals surface area contributed by atoms with Crippen LogP contribution in [0.25, 0.3) is 6.08 Å². The fourth-order valence-electron chi connectivity index (χ4n) is 2.74. The number of carbonyl (C=O) groups is 2. The summed E-state index contributed by atoms with van der Waals surface area (Å²) in [5.74, 6) is -1.47. The molecule has 0 radical (unpaired) electrons. The Hall–Kier alpha value is -2.17. The summed E-state index contributed by atoms with van der Waals surface area (Å²) >= 11 is 0. The molecule has 5 heteroatoms. The molecule has 1 heterocycles. The lowest BCUT2D eigenvalue weighted by Gasteiger charge is -2.34. The number of carbonyl (C=O) groups excluding carboxylic acids is 1. The Morgan fingerprint density at radius 3 is 2.64 bits per heavy atom. The molecule has 0 saturated carbocycles. The molecule has 1 saturated heterocycles. The molecule has 1 aromatic carbocycles. The molecule has 2 atom stereocenters. The molecule has 1 aliphatic rings. The largest absolute Gasteiger partial charge is 0.481 e. The van der Waals surface area contributed by atoms with Crippen LogP contribution in [-0.4, -0.2) is 35.0 Å². The van der Waals surface area contributed by atoms with Crippen molar-refractivity contribution in [3.05, 3.63) is 41.7 Å². The zero-order valence-electron chi connectivity index (χ0n) is 12.5. The van der Waals surface area contributed by atoms with E-state index in [1.807, 2.05) is 6.92 Å². The minimum atomic E-state index is -0.782. The number of likely N-dealkylation sites (tertiary alicyclic amines) is 1. The Morgan fingerprint density at radius 1 is 1.36 bits per heavy atom. The van der Waals surface area contributed by atoms with Crippen LogP contribution in [-0.2, 0) is 9.59 Å². The highest BCUT2D eigenvalue weighted by atomic mass is 19.1. The van der Waals surface area contributed by atoms with Crippen LogP contribution in [0.1, 0.15) is 25.3 Å². The van der Waals surface area contributed by atoms with Gasteiger partial charge >= 0.3 is 5.97 Å². The normalized spacial score (nSPS) is 22.0. The van der Waals surface area contributed by atoms with Gasteiger partial charge in [0.2, 0.25) is 5.91 Å². The lowest BCUT2D eigenvalue weighted by molar-refractivity contribution is -0.148. The van der Waals surface area contributed by atoms with Gasteiger partial charge in [0.1, 0.15) is 5.82 Å². The maximum Gasteiger partial charge on any atom is 0.306 e. The molecular weight excluding hydrogens is 285 g/mol. The van der Waals surface area contributed by atoms with Gasteiger partial charge in [0, 0.05) is 19.5 Å². The fourth-order valence-corrected chi connectivity index (χ4v) is 2.74. The number of hydrogen-bond donors (Lipinski definition) is 1. The molecule has 22 heavy (non-hydrogen) atoms. The second-order valence-electron chi connectivity index (χ2n) is 5.71. The molecule has 0 bridgehead atoms. The van der Waals surface area contributed by atoms with Gasteiger partial charge in [-0.05, 0) is 30.0 Å².